The number of piperidine rings is 1. The Labute approximate surface area is 159 Å². The van der Waals surface area contributed by atoms with Gasteiger partial charge in [-0.2, -0.15) is 0 Å². The molecule has 1 aliphatic heterocycles. The van der Waals surface area contributed by atoms with Crippen molar-refractivity contribution >= 4 is 5.96 Å². The van der Waals surface area contributed by atoms with E-state index < -0.39 is 0 Å². The Bertz CT molecular complexity index is 526. The summed E-state index contributed by atoms with van der Waals surface area (Å²) in [5.41, 5.74) is 0. The van der Waals surface area contributed by atoms with Gasteiger partial charge in [0, 0.05) is 45.1 Å². The molecule has 0 aromatic heterocycles. The smallest absolute Gasteiger partial charge is 0.193 e. The summed E-state index contributed by atoms with van der Waals surface area (Å²) in [4.78, 5) is 9.61. The molecule has 1 N–H and O–H groups in total. The molecule has 1 aromatic rings. The van der Waals surface area contributed by atoms with E-state index in [2.05, 4.69) is 42.9 Å². The van der Waals surface area contributed by atoms with Gasteiger partial charge in [-0.1, -0.05) is 25.1 Å². The maximum atomic E-state index is 6.10. The van der Waals surface area contributed by atoms with Crippen molar-refractivity contribution in [2.75, 3.05) is 39.8 Å². The minimum absolute atomic E-state index is 0.299. The maximum Gasteiger partial charge on any atom is 0.193 e. The minimum atomic E-state index is 0.299. The molecule has 1 fully saturated rings. The number of hydrogen-bond donors (Lipinski definition) is 1. The zero-order valence-corrected chi connectivity index (χ0v) is 16.9. The average Bonchev–Trinajstić information content (AvgIpc) is 2.68. The number of hydrogen-bond acceptors (Lipinski definition) is 3. The highest BCUT2D eigenvalue weighted by Crippen LogP contribution is 2.18. The Morgan fingerprint density at radius 1 is 1.27 bits per heavy atom. The van der Waals surface area contributed by atoms with E-state index >= 15 is 0 Å². The molecule has 1 aliphatic rings. The summed E-state index contributed by atoms with van der Waals surface area (Å²) in [5, 5.41) is 3.45. The molecule has 2 rings (SSSR count). The van der Waals surface area contributed by atoms with E-state index in [0.29, 0.717) is 12.1 Å². The predicted molar refractivity (Wildman–Crippen MR) is 110 cm³/mol. The van der Waals surface area contributed by atoms with Crippen LogP contribution in [0.3, 0.4) is 0 Å². The molecule has 26 heavy (non-hydrogen) atoms. The van der Waals surface area contributed by atoms with E-state index in [4.69, 9.17) is 9.73 Å². The normalized spacial score (nSPS) is 17.4. The summed E-state index contributed by atoms with van der Waals surface area (Å²) >= 11 is 0. The highest BCUT2D eigenvalue weighted by atomic mass is 16.5. The van der Waals surface area contributed by atoms with Crippen molar-refractivity contribution in [2.45, 2.75) is 52.2 Å². The van der Waals surface area contributed by atoms with Gasteiger partial charge in [-0.15, -0.1) is 0 Å². The third-order valence-corrected chi connectivity index (χ3v) is 5.18. The minimum Gasteiger partial charge on any atom is -0.490 e. The van der Waals surface area contributed by atoms with Crippen LogP contribution in [-0.2, 0) is 0 Å². The van der Waals surface area contributed by atoms with E-state index in [-0.39, 0.29) is 0 Å². The van der Waals surface area contributed by atoms with Crippen molar-refractivity contribution in [2.24, 2.45) is 4.99 Å². The fourth-order valence-electron chi connectivity index (χ4n) is 3.15. The topological polar surface area (TPSA) is 40.1 Å². The lowest BCUT2D eigenvalue weighted by Gasteiger charge is -2.34. The summed E-state index contributed by atoms with van der Waals surface area (Å²) in [6.07, 6.45) is 3.54. The van der Waals surface area contributed by atoms with E-state index in [1.165, 1.54) is 6.42 Å². The van der Waals surface area contributed by atoms with Crippen LogP contribution in [0.25, 0.3) is 0 Å². The molecule has 0 radical (unpaired) electrons. The van der Waals surface area contributed by atoms with Crippen molar-refractivity contribution in [1.29, 1.82) is 0 Å². The van der Waals surface area contributed by atoms with Gasteiger partial charge >= 0.3 is 0 Å². The number of nitrogens with one attached hydrogen (secondary N) is 1. The van der Waals surface area contributed by atoms with Crippen molar-refractivity contribution in [3.05, 3.63) is 30.3 Å². The SMILES string of the molecule is CCNC(=NCCN(C)C(C)CC)N1CCC(Oc2ccccc2)CC1. The van der Waals surface area contributed by atoms with Crippen LogP contribution in [0.5, 0.6) is 5.75 Å². The molecule has 0 amide bonds. The number of aliphatic imine (C=N–C) groups is 1. The quantitative estimate of drug-likeness (QED) is 0.571. The molecular formula is C21H36N4O. The number of nitrogens with zero attached hydrogens (tertiary/aromatic N) is 3. The van der Waals surface area contributed by atoms with E-state index in [1.54, 1.807) is 0 Å². The van der Waals surface area contributed by atoms with Crippen molar-refractivity contribution in [3.8, 4) is 5.75 Å². The van der Waals surface area contributed by atoms with E-state index in [9.17, 15) is 0 Å². The second kappa shape index (κ2) is 11.1. The van der Waals surface area contributed by atoms with Crippen molar-refractivity contribution in [1.82, 2.24) is 15.1 Å². The first kappa shape index (κ1) is 20.6. The molecule has 0 aliphatic carbocycles. The van der Waals surface area contributed by atoms with Gasteiger partial charge < -0.3 is 19.9 Å². The zero-order valence-electron chi connectivity index (χ0n) is 16.9. The summed E-state index contributed by atoms with van der Waals surface area (Å²) in [7, 11) is 2.18. The Morgan fingerprint density at radius 3 is 2.58 bits per heavy atom. The average molecular weight is 361 g/mol. The van der Waals surface area contributed by atoms with Gasteiger partial charge in [-0.05, 0) is 39.4 Å². The first-order chi connectivity index (χ1) is 12.6. The highest BCUT2D eigenvalue weighted by molar-refractivity contribution is 5.80. The first-order valence-electron chi connectivity index (χ1n) is 10.1. The number of ether oxygens (including phenoxy) is 1. The maximum absolute atomic E-state index is 6.10. The number of likely N-dealkylation sites (tertiary alicyclic amines) is 1. The molecule has 1 unspecified atom stereocenters. The molecular weight excluding hydrogens is 324 g/mol. The standard InChI is InChI=1S/C21H36N4O/c1-5-18(3)24(4)17-14-23-21(22-6-2)25-15-12-20(13-16-25)26-19-10-8-7-9-11-19/h7-11,18,20H,5-6,12-17H2,1-4H3,(H,22,23). The molecule has 1 atom stereocenters. The Kier molecular flexibility index (Phi) is 8.75. The summed E-state index contributed by atoms with van der Waals surface area (Å²) in [6.45, 7) is 11.4. The second-order valence-electron chi connectivity index (χ2n) is 7.09. The van der Waals surface area contributed by atoms with E-state index in [1.807, 2.05) is 30.3 Å². The third-order valence-electron chi connectivity index (χ3n) is 5.18. The number of likely N-dealkylation sites (N-methyl/N-ethyl adjacent to an activating group) is 1. The number of para-hydroxylation sites is 1. The Hall–Kier alpha value is -1.75. The fraction of sp³-hybridized carbons (Fsp3) is 0.667. The van der Waals surface area contributed by atoms with E-state index in [0.717, 1.165) is 57.3 Å². The van der Waals surface area contributed by atoms with Crippen molar-refractivity contribution in [3.63, 3.8) is 0 Å². The molecule has 5 nitrogen and oxygen atoms in total. The molecule has 5 heteroatoms. The van der Waals surface area contributed by atoms with Gasteiger partial charge in [-0.25, -0.2) is 0 Å². The largest absolute Gasteiger partial charge is 0.490 e. The monoisotopic (exact) mass is 360 g/mol. The Balaban J connectivity index is 1.82. The number of benzene rings is 1. The molecule has 146 valence electrons. The molecule has 1 saturated heterocycles. The molecule has 1 aromatic carbocycles. The van der Waals surface area contributed by atoms with Crippen LogP contribution in [0.4, 0.5) is 0 Å². The van der Waals surface area contributed by atoms with Crippen LogP contribution in [0.2, 0.25) is 0 Å². The first-order valence-corrected chi connectivity index (χ1v) is 10.1. The third kappa shape index (κ3) is 6.52. The zero-order chi connectivity index (χ0) is 18.8. The molecule has 0 saturated carbocycles. The van der Waals surface area contributed by atoms with Crippen LogP contribution >= 0.6 is 0 Å². The van der Waals surface area contributed by atoms with Crippen molar-refractivity contribution < 1.29 is 4.74 Å². The van der Waals surface area contributed by atoms with Crippen LogP contribution in [0, 0.1) is 0 Å². The molecule has 0 bridgehead atoms. The lowest BCUT2D eigenvalue weighted by atomic mass is 10.1. The van der Waals surface area contributed by atoms with Crippen LogP contribution in [0.15, 0.2) is 35.3 Å². The number of rotatable bonds is 8. The number of guanidine groups is 1. The second-order valence-corrected chi connectivity index (χ2v) is 7.09. The van der Waals surface area contributed by atoms with Gasteiger partial charge in [0.1, 0.15) is 11.9 Å². The van der Waals surface area contributed by atoms with Gasteiger partial charge in [0.2, 0.25) is 0 Å². The summed E-state index contributed by atoms with van der Waals surface area (Å²) < 4.78 is 6.10. The van der Waals surface area contributed by atoms with Crippen LogP contribution in [-0.4, -0.2) is 67.7 Å². The van der Waals surface area contributed by atoms with Crippen LogP contribution < -0.4 is 10.1 Å². The van der Waals surface area contributed by atoms with Crippen LogP contribution in [0.1, 0.15) is 40.0 Å². The Morgan fingerprint density at radius 2 is 1.96 bits per heavy atom. The highest BCUT2D eigenvalue weighted by Gasteiger charge is 2.22. The van der Waals surface area contributed by atoms with Gasteiger partial charge in [0.15, 0.2) is 5.96 Å². The van der Waals surface area contributed by atoms with Gasteiger partial charge in [0.05, 0.1) is 6.54 Å². The van der Waals surface area contributed by atoms with Gasteiger partial charge in [-0.3, -0.25) is 4.99 Å². The lowest BCUT2D eigenvalue weighted by Crippen LogP contribution is -2.47. The molecule has 1 heterocycles. The summed E-state index contributed by atoms with van der Waals surface area (Å²) in [6, 6.07) is 10.7. The van der Waals surface area contributed by atoms with Gasteiger partial charge in [0.25, 0.3) is 0 Å². The lowest BCUT2D eigenvalue weighted by molar-refractivity contribution is 0.129. The summed E-state index contributed by atoms with van der Waals surface area (Å²) in [5.74, 6) is 2.02. The predicted octanol–water partition coefficient (Wildman–Crippen LogP) is 3.23. The molecule has 0 spiro atoms. The fourth-order valence-corrected chi connectivity index (χ4v) is 3.15.